The van der Waals surface area contributed by atoms with Gasteiger partial charge in [0.15, 0.2) is 5.78 Å². The number of nitrogens with one attached hydrogen (secondary N) is 1. The minimum atomic E-state index is 0.121. The first-order chi connectivity index (χ1) is 11.7. The Hall–Kier alpha value is -2.33. The zero-order valence-electron chi connectivity index (χ0n) is 14.3. The molecule has 4 nitrogen and oxygen atoms in total. The third kappa shape index (κ3) is 3.95. The molecule has 1 atom stereocenters. The lowest BCUT2D eigenvalue weighted by molar-refractivity contribution is 0.0943. The molecule has 0 aromatic heterocycles. The van der Waals surface area contributed by atoms with Crippen LogP contribution in [0, 0.1) is 0 Å². The summed E-state index contributed by atoms with van der Waals surface area (Å²) in [5.74, 6) is 0.956. The first-order valence-corrected chi connectivity index (χ1v) is 8.46. The first kappa shape index (κ1) is 16.5. The van der Waals surface area contributed by atoms with Crippen LogP contribution in [0.4, 0.5) is 5.69 Å². The van der Waals surface area contributed by atoms with Crippen molar-refractivity contribution < 1.29 is 9.53 Å². The Labute approximate surface area is 143 Å². The molecule has 2 aromatic rings. The van der Waals surface area contributed by atoms with E-state index in [0.717, 1.165) is 36.5 Å². The number of ether oxygens (including phenoxy) is 1. The third-order valence-corrected chi connectivity index (χ3v) is 4.28. The van der Waals surface area contributed by atoms with Crippen LogP contribution >= 0.6 is 0 Å². The number of hydrogen-bond acceptors (Lipinski definition) is 4. The predicted molar refractivity (Wildman–Crippen MR) is 96.7 cm³/mol. The average molecular weight is 324 g/mol. The van der Waals surface area contributed by atoms with Crippen molar-refractivity contribution >= 4 is 11.5 Å². The van der Waals surface area contributed by atoms with Gasteiger partial charge >= 0.3 is 0 Å². The van der Waals surface area contributed by atoms with E-state index in [2.05, 4.69) is 24.4 Å². The fourth-order valence-corrected chi connectivity index (χ4v) is 2.90. The summed E-state index contributed by atoms with van der Waals surface area (Å²) in [6, 6.07) is 15.8. The van der Waals surface area contributed by atoms with E-state index in [-0.39, 0.29) is 11.9 Å². The van der Waals surface area contributed by atoms with Crippen molar-refractivity contribution in [3.8, 4) is 5.75 Å². The topological polar surface area (TPSA) is 41.6 Å². The highest BCUT2D eigenvalue weighted by Crippen LogP contribution is 2.30. The number of rotatable bonds is 6. The van der Waals surface area contributed by atoms with Gasteiger partial charge in [-0.3, -0.25) is 9.69 Å². The van der Waals surface area contributed by atoms with Crippen molar-refractivity contribution in [1.29, 1.82) is 0 Å². The average Bonchev–Trinajstić information content (AvgIpc) is 2.61. The summed E-state index contributed by atoms with van der Waals surface area (Å²) in [4.78, 5) is 14.6. The van der Waals surface area contributed by atoms with Crippen molar-refractivity contribution in [2.45, 2.75) is 26.0 Å². The summed E-state index contributed by atoms with van der Waals surface area (Å²) in [5, 5.41) is 3.36. The number of likely N-dealkylation sites (N-methyl/N-ethyl adjacent to an activating group) is 1. The van der Waals surface area contributed by atoms with Gasteiger partial charge in [0, 0.05) is 12.1 Å². The van der Waals surface area contributed by atoms with Crippen LogP contribution in [0.3, 0.4) is 0 Å². The van der Waals surface area contributed by atoms with E-state index in [9.17, 15) is 4.79 Å². The number of Topliss-reactive ketones (excluding diaryl/α,β-unsaturated/α-hetero) is 1. The van der Waals surface area contributed by atoms with E-state index >= 15 is 0 Å². The maximum absolute atomic E-state index is 12.5. The van der Waals surface area contributed by atoms with Gasteiger partial charge in [-0.1, -0.05) is 37.3 Å². The molecule has 0 fully saturated rings. The molecule has 1 heterocycles. The molecule has 1 unspecified atom stereocenters. The predicted octanol–water partition coefficient (Wildman–Crippen LogP) is 3.58. The largest absolute Gasteiger partial charge is 0.486 e. The zero-order valence-corrected chi connectivity index (χ0v) is 14.3. The Morgan fingerprint density at radius 2 is 2.04 bits per heavy atom. The van der Waals surface area contributed by atoms with E-state index in [1.807, 2.05) is 48.3 Å². The second-order valence-electron chi connectivity index (χ2n) is 6.32. The Kier molecular flexibility index (Phi) is 5.16. The number of hydrogen-bond donors (Lipinski definition) is 1. The van der Waals surface area contributed by atoms with Gasteiger partial charge in [0.05, 0.1) is 18.8 Å². The van der Waals surface area contributed by atoms with Crippen molar-refractivity contribution in [3.05, 3.63) is 59.7 Å². The molecule has 0 saturated heterocycles. The SMILES string of the molecule is CCC1CNc2cc(C(=O)CN(C)Cc3ccccc3)ccc2O1. The summed E-state index contributed by atoms with van der Waals surface area (Å²) in [7, 11) is 1.97. The smallest absolute Gasteiger partial charge is 0.176 e. The molecule has 1 N–H and O–H groups in total. The van der Waals surface area contributed by atoms with Gasteiger partial charge in [0.25, 0.3) is 0 Å². The van der Waals surface area contributed by atoms with Crippen molar-refractivity contribution in [2.24, 2.45) is 0 Å². The van der Waals surface area contributed by atoms with E-state index in [1.165, 1.54) is 5.56 Å². The molecule has 0 radical (unpaired) electrons. The maximum atomic E-state index is 12.5. The lowest BCUT2D eigenvalue weighted by atomic mass is 10.1. The summed E-state index contributed by atoms with van der Waals surface area (Å²) in [6.07, 6.45) is 1.17. The van der Waals surface area contributed by atoms with Crippen LogP contribution in [0.2, 0.25) is 0 Å². The van der Waals surface area contributed by atoms with E-state index in [1.54, 1.807) is 0 Å². The van der Waals surface area contributed by atoms with Crippen LogP contribution < -0.4 is 10.1 Å². The van der Waals surface area contributed by atoms with Crippen LogP contribution in [-0.2, 0) is 6.54 Å². The van der Waals surface area contributed by atoms with Crippen LogP contribution in [0.5, 0.6) is 5.75 Å². The monoisotopic (exact) mass is 324 g/mol. The molecule has 24 heavy (non-hydrogen) atoms. The Morgan fingerprint density at radius 3 is 2.79 bits per heavy atom. The summed E-state index contributed by atoms with van der Waals surface area (Å²) < 4.78 is 5.89. The summed E-state index contributed by atoms with van der Waals surface area (Å²) in [5.41, 5.74) is 2.84. The van der Waals surface area contributed by atoms with Crippen molar-refractivity contribution in [3.63, 3.8) is 0 Å². The molecule has 1 aliphatic heterocycles. The molecule has 3 rings (SSSR count). The highest BCUT2D eigenvalue weighted by Gasteiger charge is 2.19. The molecular formula is C20H24N2O2. The van der Waals surface area contributed by atoms with Gasteiger partial charge in [-0.15, -0.1) is 0 Å². The fourth-order valence-electron chi connectivity index (χ4n) is 2.90. The molecule has 126 valence electrons. The fraction of sp³-hybridized carbons (Fsp3) is 0.350. The standard InChI is InChI=1S/C20H24N2O2/c1-3-17-12-21-18-11-16(9-10-20(18)24-17)19(23)14-22(2)13-15-7-5-4-6-8-15/h4-11,17,21H,3,12-14H2,1-2H3. The van der Waals surface area contributed by atoms with Crippen LogP contribution in [0.15, 0.2) is 48.5 Å². The zero-order chi connectivity index (χ0) is 16.9. The highest BCUT2D eigenvalue weighted by atomic mass is 16.5. The van der Waals surface area contributed by atoms with Gasteiger partial charge in [0.2, 0.25) is 0 Å². The maximum Gasteiger partial charge on any atom is 0.176 e. The molecule has 0 saturated carbocycles. The van der Waals surface area contributed by atoms with E-state index in [4.69, 9.17) is 4.74 Å². The molecule has 0 aliphatic carbocycles. The Bertz CT molecular complexity index is 700. The van der Waals surface area contributed by atoms with E-state index < -0.39 is 0 Å². The molecule has 0 amide bonds. The normalized spacial score (nSPS) is 16.2. The van der Waals surface area contributed by atoms with Crippen molar-refractivity contribution in [1.82, 2.24) is 4.90 Å². The minimum absolute atomic E-state index is 0.121. The van der Waals surface area contributed by atoms with Crippen LogP contribution in [0.25, 0.3) is 0 Å². The number of anilines is 1. The second-order valence-corrected chi connectivity index (χ2v) is 6.32. The number of benzene rings is 2. The van der Waals surface area contributed by atoms with Crippen LogP contribution in [0.1, 0.15) is 29.3 Å². The van der Waals surface area contributed by atoms with Gasteiger partial charge < -0.3 is 10.1 Å². The number of carbonyl (C=O) groups is 1. The second kappa shape index (κ2) is 7.49. The highest BCUT2D eigenvalue weighted by molar-refractivity contribution is 5.98. The first-order valence-electron chi connectivity index (χ1n) is 8.46. The van der Waals surface area contributed by atoms with Gasteiger partial charge in [-0.25, -0.2) is 0 Å². The molecule has 0 bridgehead atoms. The molecule has 1 aliphatic rings. The Morgan fingerprint density at radius 1 is 1.25 bits per heavy atom. The summed E-state index contributed by atoms with van der Waals surface area (Å²) in [6.45, 7) is 4.05. The van der Waals surface area contributed by atoms with Crippen LogP contribution in [-0.4, -0.2) is 36.9 Å². The Balaban J connectivity index is 1.63. The van der Waals surface area contributed by atoms with Gasteiger partial charge in [0.1, 0.15) is 11.9 Å². The summed E-state index contributed by atoms with van der Waals surface area (Å²) >= 11 is 0. The van der Waals surface area contributed by atoms with Crippen molar-refractivity contribution in [2.75, 3.05) is 25.5 Å². The molecule has 0 spiro atoms. The number of carbonyl (C=O) groups excluding carboxylic acids is 1. The van der Waals surface area contributed by atoms with Gasteiger partial charge in [-0.05, 0) is 37.2 Å². The lowest BCUT2D eigenvalue weighted by Gasteiger charge is -2.27. The quantitative estimate of drug-likeness (QED) is 0.825. The molecular weight excluding hydrogens is 300 g/mol. The molecule has 4 heteroatoms. The third-order valence-electron chi connectivity index (χ3n) is 4.28. The van der Waals surface area contributed by atoms with E-state index in [0.29, 0.717) is 6.54 Å². The molecule has 2 aromatic carbocycles. The lowest BCUT2D eigenvalue weighted by Crippen LogP contribution is -2.30. The minimum Gasteiger partial charge on any atom is -0.486 e. The number of nitrogens with zero attached hydrogens (tertiary/aromatic N) is 1. The van der Waals surface area contributed by atoms with Gasteiger partial charge in [-0.2, -0.15) is 0 Å². The number of ketones is 1. The number of fused-ring (bicyclic) bond motifs is 1.